The Morgan fingerprint density at radius 2 is 0.495 bits per heavy atom. The predicted molar refractivity (Wildman–Crippen MR) is 423 cm³/mol. The largest absolute Gasteiger partial charge is 0.472 e. The fraction of sp³-hybridized carbons (Fsp3) is 0.952. The van der Waals surface area contributed by atoms with Crippen molar-refractivity contribution in [1.29, 1.82) is 0 Å². The van der Waals surface area contributed by atoms with Gasteiger partial charge in [0.15, 0.2) is 12.2 Å². The molecule has 0 aliphatic heterocycles. The topological polar surface area (TPSA) is 237 Å². The Labute approximate surface area is 632 Å². The van der Waals surface area contributed by atoms with E-state index in [1.165, 1.54) is 257 Å². The molecule has 0 saturated heterocycles. The van der Waals surface area contributed by atoms with Crippen molar-refractivity contribution in [2.75, 3.05) is 39.6 Å². The molecule has 3 N–H and O–H groups in total. The van der Waals surface area contributed by atoms with Crippen molar-refractivity contribution in [3.05, 3.63) is 0 Å². The van der Waals surface area contributed by atoms with E-state index >= 15 is 0 Å². The van der Waals surface area contributed by atoms with Crippen LogP contribution in [0.3, 0.4) is 0 Å². The van der Waals surface area contributed by atoms with Crippen molar-refractivity contribution >= 4 is 39.5 Å². The highest BCUT2D eigenvalue weighted by Crippen LogP contribution is 2.45. The number of unbranched alkanes of at least 4 members (excludes halogenated alkanes) is 52. The first kappa shape index (κ1) is 101. The summed E-state index contributed by atoms with van der Waals surface area (Å²) in [6.07, 6.45) is 66.7. The lowest BCUT2D eigenvalue weighted by molar-refractivity contribution is -0.161. The monoisotopic (exact) mass is 1510 g/mol. The number of ether oxygens (including phenoxy) is 4. The molecular weight excluding hydrogens is 1340 g/mol. The molecule has 0 aliphatic rings. The van der Waals surface area contributed by atoms with Crippen LogP contribution in [0.5, 0.6) is 0 Å². The molecule has 0 radical (unpaired) electrons. The first-order valence-electron chi connectivity index (χ1n) is 43.5. The maximum absolute atomic E-state index is 13.1. The summed E-state index contributed by atoms with van der Waals surface area (Å²) in [5.74, 6) is -0.565. The van der Waals surface area contributed by atoms with Gasteiger partial charge in [-0.05, 0) is 37.5 Å². The standard InChI is InChI=1S/C84H164O17P2/c1-7-10-12-14-16-18-20-22-24-25-26-27-32-35-39-43-47-54-60-66-81(86)94-72-79(100-83(88)68-63-57-49-45-41-37-33-29-28-31-34-38-42-46-52-58-64-76(4)5)74-98-102(90,91)96-70-78(85)71-97-103(92,93)99-75-80(73-95-82(87)67-61-55-51-50-53-59-65-77(6)9-3)101-84(89)69-62-56-48-44-40-36-30-23-21-19-17-15-13-11-8-2/h76-80,85H,7-75H2,1-6H3,(H,90,91)(H,92,93)/t77?,78-,79-,80-/m1/s1. The number of rotatable bonds is 83. The number of hydrogen-bond acceptors (Lipinski definition) is 15. The van der Waals surface area contributed by atoms with E-state index in [1.54, 1.807) is 0 Å². The van der Waals surface area contributed by atoms with E-state index in [0.29, 0.717) is 25.7 Å². The van der Waals surface area contributed by atoms with E-state index < -0.39 is 97.5 Å². The summed E-state index contributed by atoms with van der Waals surface area (Å²) in [5, 5.41) is 10.7. The second-order valence-electron chi connectivity index (χ2n) is 30.9. The van der Waals surface area contributed by atoms with Gasteiger partial charge in [0.2, 0.25) is 0 Å². The molecular formula is C84H164O17P2. The molecule has 0 aromatic rings. The van der Waals surface area contributed by atoms with Crippen LogP contribution >= 0.6 is 15.6 Å². The second-order valence-corrected chi connectivity index (χ2v) is 33.8. The molecule has 0 aromatic heterocycles. The van der Waals surface area contributed by atoms with E-state index in [1.807, 2.05) is 0 Å². The third kappa shape index (κ3) is 76.6. The Kier molecular flexibility index (Phi) is 74.1. The SMILES string of the molecule is CCCCCCCCCCCCCCCCCCCCCC(=O)OC[C@H](COP(=O)(O)OC[C@@H](O)COP(=O)(O)OC[C@@H](COC(=O)CCCCCCCCC(C)CC)OC(=O)CCCCCCCCCCCCCCCCC)OC(=O)CCCCCCCCCCCCCCCCCCC(C)C. The van der Waals surface area contributed by atoms with Crippen LogP contribution < -0.4 is 0 Å². The molecule has 0 saturated carbocycles. The molecule has 17 nitrogen and oxygen atoms in total. The minimum Gasteiger partial charge on any atom is -0.462 e. The maximum Gasteiger partial charge on any atom is 0.472 e. The number of carbonyl (C=O) groups excluding carboxylic acids is 4. The van der Waals surface area contributed by atoms with Crippen LogP contribution in [0, 0.1) is 11.8 Å². The van der Waals surface area contributed by atoms with Gasteiger partial charge in [0.1, 0.15) is 19.3 Å². The molecule has 6 atom stereocenters. The summed E-state index contributed by atoms with van der Waals surface area (Å²) in [6.45, 7) is 9.65. The van der Waals surface area contributed by atoms with Crippen molar-refractivity contribution in [1.82, 2.24) is 0 Å². The first-order valence-corrected chi connectivity index (χ1v) is 46.5. The van der Waals surface area contributed by atoms with E-state index in [0.717, 1.165) is 108 Å². The number of carbonyl (C=O) groups is 4. The second kappa shape index (κ2) is 75.5. The number of esters is 4. The van der Waals surface area contributed by atoms with Gasteiger partial charge < -0.3 is 33.8 Å². The van der Waals surface area contributed by atoms with Gasteiger partial charge in [-0.25, -0.2) is 9.13 Å². The normalized spacial score (nSPS) is 14.1. The molecule has 19 heteroatoms. The highest BCUT2D eigenvalue weighted by molar-refractivity contribution is 7.47. The Hall–Kier alpha value is -1.94. The summed E-state index contributed by atoms with van der Waals surface area (Å²) in [5.41, 5.74) is 0. The fourth-order valence-electron chi connectivity index (χ4n) is 13.0. The van der Waals surface area contributed by atoms with Crippen LogP contribution in [-0.2, 0) is 65.4 Å². The zero-order chi connectivity index (χ0) is 75.6. The molecule has 612 valence electrons. The molecule has 0 spiro atoms. The molecule has 0 aromatic carbocycles. The van der Waals surface area contributed by atoms with E-state index in [-0.39, 0.29) is 25.7 Å². The Bertz CT molecular complexity index is 1980. The number of hydrogen-bond donors (Lipinski definition) is 3. The lowest BCUT2D eigenvalue weighted by Crippen LogP contribution is -2.30. The van der Waals surface area contributed by atoms with Crippen LogP contribution in [0.15, 0.2) is 0 Å². The Balaban J connectivity index is 5.23. The van der Waals surface area contributed by atoms with Crippen LogP contribution in [-0.4, -0.2) is 96.7 Å². The summed E-state index contributed by atoms with van der Waals surface area (Å²) in [7, 11) is -9.92. The van der Waals surface area contributed by atoms with Crippen LogP contribution in [0.4, 0.5) is 0 Å². The molecule has 103 heavy (non-hydrogen) atoms. The van der Waals surface area contributed by atoms with E-state index in [2.05, 4.69) is 41.5 Å². The van der Waals surface area contributed by atoms with Crippen molar-refractivity contribution in [3.8, 4) is 0 Å². The molecule has 0 heterocycles. The Morgan fingerprint density at radius 1 is 0.282 bits per heavy atom. The number of aliphatic hydroxyl groups is 1. The average molecular weight is 1510 g/mol. The van der Waals surface area contributed by atoms with E-state index in [4.69, 9.17) is 37.0 Å². The third-order valence-electron chi connectivity index (χ3n) is 20.1. The molecule has 0 fully saturated rings. The maximum atomic E-state index is 13.1. The van der Waals surface area contributed by atoms with Crippen LogP contribution in [0.2, 0.25) is 0 Å². The van der Waals surface area contributed by atoms with Gasteiger partial charge in [-0.1, -0.05) is 395 Å². The minimum absolute atomic E-state index is 0.107. The molecule has 0 aliphatic carbocycles. The van der Waals surface area contributed by atoms with Crippen molar-refractivity contribution < 1.29 is 80.2 Å². The van der Waals surface area contributed by atoms with Crippen molar-refractivity contribution in [3.63, 3.8) is 0 Å². The highest BCUT2D eigenvalue weighted by atomic mass is 31.2. The van der Waals surface area contributed by atoms with Crippen molar-refractivity contribution in [2.24, 2.45) is 11.8 Å². The lowest BCUT2D eigenvalue weighted by atomic mass is 10.00. The summed E-state index contributed by atoms with van der Waals surface area (Å²) < 4.78 is 68.8. The molecule has 0 rings (SSSR count). The van der Waals surface area contributed by atoms with Gasteiger partial charge in [-0.2, -0.15) is 0 Å². The van der Waals surface area contributed by atoms with Crippen LogP contribution in [0.1, 0.15) is 446 Å². The zero-order valence-electron chi connectivity index (χ0n) is 67.6. The van der Waals surface area contributed by atoms with Gasteiger partial charge in [0, 0.05) is 25.7 Å². The summed E-state index contributed by atoms with van der Waals surface area (Å²) >= 11 is 0. The Morgan fingerprint density at radius 3 is 0.738 bits per heavy atom. The van der Waals surface area contributed by atoms with Gasteiger partial charge in [0.05, 0.1) is 26.4 Å². The summed E-state index contributed by atoms with van der Waals surface area (Å²) in [6, 6.07) is 0. The van der Waals surface area contributed by atoms with Gasteiger partial charge in [0.25, 0.3) is 0 Å². The molecule has 3 unspecified atom stereocenters. The van der Waals surface area contributed by atoms with Gasteiger partial charge >= 0.3 is 39.5 Å². The van der Waals surface area contributed by atoms with Crippen molar-refractivity contribution in [2.45, 2.75) is 464 Å². The van der Waals surface area contributed by atoms with E-state index in [9.17, 15) is 43.2 Å². The quantitative estimate of drug-likeness (QED) is 0.0222. The number of phosphoric ester groups is 2. The van der Waals surface area contributed by atoms with Crippen LogP contribution in [0.25, 0.3) is 0 Å². The highest BCUT2D eigenvalue weighted by Gasteiger charge is 2.30. The predicted octanol–water partition coefficient (Wildman–Crippen LogP) is 25.5. The van der Waals surface area contributed by atoms with Gasteiger partial charge in [-0.3, -0.25) is 37.3 Å². The van der Waals surface area contributed by atoms with Gasteiger partial charge in [-0.15, -0.1) is 0 Å². The first-order chi connectivity index (χ1) is 49.9. The zero-order valence-corrected chi connectivity index (χ0v) is 69.4. The fourth-order valence-corrected chi connectivity index (χ4v) is 14.6. The third-order valence-corrected chi connectivity index (χ3v) is 22.0. The minimum atomic E-state index is -4.96. The summed E-state index contributed by atoms with van der Waals surface area (Å²) in [4.78, 5) is 73.1. The molecule has 0 bridgehead atoms. The lowest BCUT2D eigenvalue weighted by Gasteiger charge is -2.21. The average Bonchev–Trinajstić information content (AvgIpc) is 0.951. The number of aliphatic hydroxyl groups excluding tert-OH is 1. The molecule has 0 amide bonds. The smallest absolute Gasteiger partial charge is 0.462 e. The number of phosphoric acid groups is 2.